The van der Waals surface area contributed by atoms with E-state index < -0.39 is 0 Å². The van der Waals surface area contributed by atoms with Crippen LogP contribution in [0.15, 0.2) is 36.7 Å². The molecule has 1 amide bonds. The van der Waals surface area contributed by atoms with Gasteiger partial charge in [-0.3, -0.25) is 4.79 Å². The van der Waals surface area contributed by atoms with Crippen molar-refractivity contribution in [3.05, 3.63) is 47.1 Å². The Bertz CT molecular complexity index is 944. The van der Waals surface area contributed by atoms with Gasteiger partial charge < -0.3 is 20.5 Å². The summed E-state index contributed by atoms with van der Waals surface area (Å²) in [6.45, 7) is 9.99. The molecule has 0 bridgehead atoms. The predicted octanol–water partition coefficient (Wildman–Crippen LogP) is 4.59. The molecule has 2 aromatic heterocycles. The summed E-state index contributed by atoms with van der Waals surface area (Å²) >= 11 is 1.49. The standard InChI is InChI=1S/C22H29N5OS.C2H6/c1-2-3-6-17(13-16-14-24-19-8-5-4-7-18(16)19)26-21(28)20-15-25-22(29-20)27-11-9-23-10-12-27;1-2/h4-5,7-8,14-15,17,23-24H,2-3,6,9-13H2,1H3,(H,26,28);1-2H3. The number of aromatic amines is 1. The molecular weight excluding hydrogens is 406 g/mol. The van der Waals surface area contributed by atoms with Gasteiger partial charge in [0.2, 0.25) is 0 Å². The van der Waals surface area contributed by atoms with E-state index in [4.69, 9.17) is 0 Å². The smallest absolute Gasteiger partial charge is 0.263 e. The summed E-state index contributed by atoms with van der Waals surface area (Å²) in [6, 6.07) is 8.45. The number of fused-ring (bicyclic) bond motifs is 1. The normalized spacial score (nSPS) is 14.7. The highest BCUT2D eigenvalue weighted by atomic mass is 32.1. The van der Waals surface area contributed by atoms with Crippen LogP contribution in [-0.2, 0) is 6.42 Å². The summed E-state index contributed by atoms with van der Waals surface area (Å²) in [7, 11) is 0. The Balaban J connectivity index is 0.00000132. The number of carbonyl (C=O) groups excluding carboxylic acids is 1. The second-order valence-corrected chi connectivity index (χ2v) is 8.63. The van der Waals surface area contributed by atoms with E-state index >= 15 is 0 Å². The van der Waals surface area contributed by atoms with E-state index in [1.165, 1.54) is 22.3 Å². The van der Waals surface area contributed by atoms with Crippen LogP contribution in [0.3, 0.4) is 0 Å². The Kier molecular flexibility index (Phi) is 8.91. The van der Waals surface area contributed by atoms with Gasteiger partial charge in [0.15, 0.2) is 5.13 Å². The number of benzene rings is 1. The zero-order valence-corrected chi connectivity index (χ0v) is 19.7. The molecule has 6 nitrogen and oxygen atoms in total. The second-order valence-electron chi connectivity index (χ2n) is 7.62. The first-order chi connectivity index (χ1) is 15.2. The third-order valence-corrected chi connectivity index (χ3v) is 6.54. The van der Waals surface area contributed by atoms with E-state index in [-0.39, 0.29) is 11.9 Å². The zero-order chi connectivity index (χ0) is 22.1. The molecule has 0 saturated carbocycles. The number of carbonyl (C=O) groups is 1. The highest BCUT2D eigenvalue weighted by Gasteiger charge is 2.20. The molecule has 1 aliphatic rings. The molecule has 0 radical (unpaired) electrons. The van der Waals surface area contributed by atoms with Gasteiger partial charge in [-0.25, -0.2) is 4.98 Å². The predicted molar refractivity (Wildman–Crippen MR) is 131 cm³/mol. The Morgan fingerprint density at radius 2 is 2.03 bits per heavy atom. The van der Waals surface area contributed by atoms with Crippen LogP contribution < -0.4 is 15.5 Å². The van der Waals surface area contributed by atoms with Crippen LogP contribution in [0, 0.1) is 0 Å². The number of unbranched alkanes of at least 4 members (excludes halogenated alkanes) is 1. The monoisotopic (exact) mass is 441 g/mol. The number of anilines is 1. The maximum absolute atomic E-state index is 12.9. The quantitative estimate of drug-likeness (QED) is 0.478. The topological polar surface area (TPSA) is 73.0 Å². The molecule has 1 aliphatic heterocycles. The molecule has 0 aliphatic carbocycles. The highest BCUT2D eigenvalue weighted by Crippen LogP contribution is 2.24. The SMILES string of the molecule is CC.CCCCC(Cc1c[nH]c2ccccc12)NC(=O)c1cnc(N2CCNCC2)s1. The number of aromatic nitrogens is 2. The Morgan fingerprint density at radius 3 is 2.81 bits per heavy atom. The zero-order valence-electron chi connectivity index (χ0n) is 18.9. The minimum atomic E-state index is -0.00942. The van der Waals surface area contributed by atoms with Crippen LogP contribution in [-0.4, -0.2) is 48.1 Å². The van der Waals surface area contributed by atoms with E-state index in [9.17, 15) is 4.79 Å². The van der Waals surface area contributed by atoms with E-state index in [1.54, 1.807) is 6.20 Å². The second kappa shape index (κ2) is 11.9. The number of nitrogens with zero attached hydrogens (tertiary/aromatic N) is 2. The number of para-hydroxylation sites is 1. The fourth-order valence-corrected chi connectivity index (χ4v) is 4.74. The Labute approximate surface area is 189 Å². The van der Waals surface area contributed by atoms with Gasteiger partial charge in [0.05, 0.1) is 6.20 Å². The number of thiazole rings is 1. The number of amides is 1. The Hall–Kier alpha value is -2.38. The first-order valence-corrected chi connectivity index (χ1v) is 12.3. The van der Waals surface area contributed by atoms with Gasteiger partial charge in [-0.2, -0.15) is 0 Å². The van der Waals surface area contributed by atoms with Crippen LogP contribution in [0.4, 0.5) is 5.13 Å². The van der Waals surface area contributed by atoms with Gasteiger partial charge in [-0.05, 0) is 24.5 Å². The van der Waals surface area contributed by atoms with Crippen LogP contribution in [0.1, 0.15) is 55.3 Å². The molecule has 3 aromatic rings. The van der Waals surface area contributed by atoms with Crippen molar-refractivity contribution in [3.63, 3.8) is 0 Å². The molecule has 1 unspecified atom stereocenters. The summed E-state index contributed by atoms with van der Waals surface area (Å²) < 4.78 is 0. The summed E-state index contributed by atoms with van der Waals surface area (Å²) in [5.74, 6) is -0.00942. The molecule has 1 aromatic carbocycles. The van der Waals surface area contributed by atoms with E-state index in [0.29, 0.717) is 4.88 Å². The van der Waals surface area contributed by atoms with Crippen LogP contribution in [0.2, 0.25) is 0 Å². The van der Waals surface area contributed by atoms with Crippen molar-refractivity contribution in [2.24, 2.45) is 0 Å². The van der Waals surface area contributed by atoms with Crippen LogP contribution in [0.5, 0.6) is 0 Å². The van der Waals surface area contributed by atoms with Crippen LogP contribution in [0.25, 0.3) is 10.9 Å². The van der Waals surface area contributed by atoms with Crippen molar-refractivity contribution >= 4 is 33.3 Å². The van der Waals surface area contributed by atoms with Gasteiger partial charge in [-0.1, -0.05) is 63.1 Å². The van der Waals surface area contributed by atoms with Gasteiger partial charge in [-0.15, -0.1) is 0 Å². The van der Waals surface area contributed by atoms with E-state index in [2.05, 4.69) is 56.8 Å². The van der Waals surface area contributed by atoms with Gasteiger partial charge in [0.1, 0.15) is 4.88 Å². The lowest BCUT2D eigenvalue weighted by Crippen LogP contribution is -2.43. The lowest BCUT2D eigenvalue weighted by atomic mass is 10.0. The van der Waals surface area contributed by atoms with Crippen molar-refractivity contribution in [1.82, 2.24) is 20.6 Å². The van der Waals surface area contributed by atoms with Crippen molar-refractivity contribution in [3.8, 4) is 0 Å². The molecule has 1 saturated heterocycles. The van der Waals surface area contributed by atoms with E-state index in [1.807, 2.05) is 19.9 Å². The van der Waals surface area contributed by atoms with Crippen molar-refractivity contribution in [1.29, 1.82) is 0 Å². The number of hydrogen-bond acceptors (Lipinski definition) is 5. The molecule has 31 heavy (non-hydrogen) atoms. The summed E-state index contributed by atoms with van der Waals surface area (Å²) in [6.07, 6.45) is 7.82. The number of hydrogen-bond donors (Lipinski definition) is 3. The lowest BCUT2D eigenvalue weighted by molar-refractivity contribution is 0.0938. The third-order valence-electron chi connectivity index (χ3n) is 5.49. The minimum Gasteiger partial charge on any atom is -0.361 e. The minimum absolute atomic E-state index is 0.00942. The molecule has 1 fully saturated rings. The molecule has 1 atom stereocenters. The maximum Gasteiger partial charge on any atom is 0.263 e. The van der Waals surface area contributed by atoms with Crippen molar-refractivity contribution in [2.45, 2.75) is 52.5 Å². The van der Waals surface area contributed by atoms with E-state index in [0.717, 1.165) is 62.5 Å². The third kappa shape index (κ3) is 6.08. The first kappa shape index (κ1) is 23.3. The largest absolute Gasteiger partial charge is 0.361 e. The molecule has 0 spiro atoms. The van der Waals surface area contributed by atoms with Gasteiger partial charge in [0, 0.05) is 49.3 Å². The molecular formula is C24H35N5OS. The highest BCUT2D eigenvalue weighted by molar-refractivity contribution is 7.17. The number of piperazine rings is 1. The first-order valence-electron chi connectivity index (χ1n) is 11.5. The molecule has 3 heterocycles. The lowest BCUT2D eigenvalue weighted by Gasteiger charge is -2.26. The number of rotatable bonds is 8. The average Bonchev–Trinajstić information content (AvgIpc) is 3.47. The van der Waals surface area contributed by atoms with Gasteiger partial charge >= 0.3 is 0 Å². The van der Waals surface area contributed by atoms with Crippen molar-refractivity contribution in [2.75, 3.05) is 31.1 Å². The molecule has 168 valence electrons. The number of nitrogens with one attached hydrogen (secondary N) is 3. The summed E-state index contributed by atoms with van der Waals surface area (Å²) in [5.41, 5.74) is 2.40. The number of H-pyrrole nitrogens is 1. The fourth-order valence-electron chi connectivity index (χ4n) is 3.87. The maximum atomic E-state index is 12.9. The molecule has 7 heteroatoms. The summed E-state index contributed by atoms with van der Waals surface area (Å²) in [5, 5.41) is 8.80. The Morgan fingerprint density at radius 1 is 1.26 bits per heavy atom. The summed E-state index contributed by atoms with van der Waals surface area (Å²) in [4.78, 5) is 23.7. The van der Waals surface area contributed by atoms with Crippen LogP contribution >= 0.6 is 11.3 Å². The average molecular weight is 442 g/mol. The fraction of sp³-hybridized carbons (Fsp3) is 0.500. The molecule has 4 rings (SSSR count). The van der Waals surface area contributed by atoms with Gasteiger partial charge in [0.25, 0.3) is 5.91 Å². The van der Waals surface area contributed by atoms with Crippen molar-refractivity contribution < 1.29 is 4.79 Å². The molecule has 3 N–H and O–H groups in total.